The molecule has 0 aliphatic carbocycles. The first-order valence-electron chi connectivity index (χ1n) is 11.5. The van der Waals surface area contributed by atoms with Crippen molar-refractivity contribution in [2.45, 2.75) is 39.3 Å². The number of rotatable bonds is 9. The van der Waals surface area contributed by atoms with Gasteiger partial charge in [-0.05, 0) is 42.8 Å². The molecule has 34 heavy (non-hydrogen) atoms. The zero-order valence-corrected chi connectivity index (χ0v) is 19.0. The Labute approximate surface area is 197 Å². The van der Waals surface area contributed by atoms with Gasteiger partial charge in [0.2, 0.25) is 0 Å². The highest BCUT2D eigenvalue weighted by atomic mass is 19.1. The van der Waals surface area contributed by atoms with Gasteiger partial charge in [-0.2, -0.15) is 5.10 Å². The Kier molecular flexibility index (Phi) is 6.38. The number of aromatic nitrogens is 3. The average molecular weight is 460 g/mol. The quantitative estimate of drug-likeness (QED) is 0.321. The molecule has 5 rings (SSSR count). The summed E-state index contributed by atoms with van der Waals surface area (Å²) in [4.78, 5) is 7.71. The molecule has 2 aromatic heterocycles. The number of aromatic amines is 1. The van der Waals surface area contributed by atoms with Crippen LogP contribution in [-0.2, 0) is 13.1 Å². The van der Waals surface area contributed by atoms with Crippen LogP contribution in [-0.4, -0.2) is 33.0 Å². The average Bonchev–Trinajstić information content (AvgIpc) is 3.49. The van der Waals surface area contributed by atoms with Gasteiger partial charge in [-0.1, -0.05) is 37.1 Å². The Hall–Kier alpha value is -3.94. The van der Waals surface area contributed by atoms with Gasteiger partial charge in [-0.25, -0.2) is 9.37 Å². The molecule has 0 atom stereocenters. The second-order valence-electron chi connectivity index (χ2n) is 8.25. The van der Waals surface area contributed by atoms with Gasteiger partial charge in [-0.3, -0.25) is 5.01 Å². The first-order chi connectivity index (χ1) is 16.7. The number of hydrogen-bond acceptors (Lipinski definition) is 6. The van der Waals surface area contributed by atoms with E-state index in [9.17, 15) is 4.39 Å². The van der Waals surface area contributed by atoms with Crippen molar-refractivity contribution in [3.8, 4) is 28.4 Å². The van der Waals surface area contributed by atoms with Crippen molar-refractivity contribution in [1.29, 1.82) is 0 Å². The number of nitrogens with zero attached hydrogens (tertiary/aromatic N) is 4. The Morgan fingerprint density at radius 1 is 1.12 bits per heavy atom. The molecule has 0 spiro atoms. The number of H-pyrrole nitrogens is 1. The fourth-order valence-electron chi connectivity index (χ4n) is 3.85. The van der Waals surface area contributed by atoms with Gasteiger partial charge < -0.3 is 14.2 Å². The third-order valence-electron chi connectivity index (χ3n) is 5.69. The van der Waals surface area contributed by atoms with Crippen LogP contribution in [0.4, 0.5) is 4.39 Å². The van der Waals surface area contributed by atoms with Crippen molar-refractivity contribution in [2.24, 2.45) is 5.10 Å². The lowest BCUT2D eigenvalue weighted by Crippen LogP contribution is -2.21. The number of fused-ring (bicyclic) bond motifs is 1. The zero-order valence-electron chi connectivity index (χ0n) is 19.0. The minimum atomic E-state index is -0.312. The van der Waals surface area contributed by atoms with Crippen LogP contribution in [0.25, 0.3) is 22.6 Å². The van der Waals surface area contributed by atoms with E-state index in [0.717, 1.165) is 35.7 Å². The summed E-state index contributed by atoms with van der Waals surface area (Å²) in [6, 6.07) is 16.4. The number of unbranched alkanes of at least 4 members (excludes halogenated alkanes) is 2. The number of ether oxygens (including phenoxy) is 1. The smallest absolute Gasteiger partial charge is 0.158 e. The van der Waals surface area contributed by atoms with Crippen LogP contribution in [0.5, 0.6) is 5.75 Å². The van der Waals surface area contributed by atoms with Gasteiger partial charge in [0.1, 0.15) is 28.8 Å². The molecule has 1 N–H and O–H groups in total. The number of benzene rings is 2. The second-order valence-corrected chi connectivity index (χ2v) is 8.25. The fraction of sp³-hybridized carbons (Fsp3) is 0.269. The second kappa shape index (κ2) is 9.91. The molecule has 1 aliphatic rings. The molecule has 0 saturated heterocycles. The molecule has 8 heteroatoms. The highest BCUT2D eigenvalue weighted by Crippen LogP contribution is 2.26. The lowest BCUT2D eigenvalue weighted by Gasteiger charge is -2.19. The zero-order chi connectivity index (χ0) is 23.3. The molecular weight excluding hydrogens is 433 g/mol. The summed E-state index contributed by atoms with van der Waals surface area (Å²) in [7, 11) is 0. The van der Waals surface area contributed by atoms with Gasteiger partial charge in [0, 0.05) is 11.6 Å². The van der Waals surface area contributed by atoms with E-state index in [0.29, 0.717) is 35.9 Å². The predicted octanol–water partition coefficient (Wildman–Crippen LogP) is 5.79. The van der Waals surface area contributed by atoms with Crippen LogP contribution in [0.2, 0.25) is 0 Å². The summed E-state index contributed by atoms with van der Waals surface area (Å²) >= 11 is 0. The third-order valence-corrected chi connectivity index (χ3v) is 5.69. The summed E-state index contributed by atoms with van der Waals surface area (Å²) in [6.45, 7) is 3.87. The van der Waals surface area contributed by atoms with Crippen molar-refractivity contribution in [3.63, 3.8) is 0 Å². The van der Waals surface area contributed by atoms with Crippen molar-refractivity contribution in [3.05, 3.63) is 77.6 Å². The predicted molar refractivity (Wildman–Crippen MR) is 128 cm³/mol. The lowest BCUT2D eigenvalue weighted by atomic mass is 10.1. The molecule has 0 fully saturated rings. The molecule has 174 valence electrons. The molecule has 0 bridgehead atoms. The Morgan fingerprint density at radius 3 is 2.79 bits per heavy atom. The van der Waals surface area contributed by atoms with E-state index in [1.54, 1.807) is 24.4 Å². The topological polar surface area (TPSA) is 79.5 Å². The highest BCUT2D eigenvalue weighted by Gasteiger charge is 2.20. The fourth-order valence-corrected chi connectivity index (χ4v) is 3.85. The molecule has 0 radical (unpaired) electrons. The van der Waals surface area contributed by atoms with Crippen LogP contribution in [0.1, 0.15) is 43.3 Å². The minimum Gasteiger partial charge on any atom is -0.494 e. The largest absolute Gasteiger partial charge is 0.494 e. The van der Waals surface area contributed by atoms with Crippen molar-refractivity contribution in [1.82, 2.24) is 20.1 Å². The molecule has 7 nitrogen and oxygen atoms in total. The van der Waals surface area contributed by atoms with E-state index in [-0.39, 0.29) is 5.82 Å². The van der Waals surface area contributed by atoms with Crippen LogP contribution in [0.3, 0.4) is 0 Å². The highest BCUT2D eigenvalue weighted by molar-refractivity contribution is 5.80. The van der Waals surface area contributed by atoms with Crippen LogP contribution in [0.15, 0.2) is 64.2 Å². The number of halogens is 1. The third kappa shape index (κ3) is 4.85. The molecule has 3 heterocycles. The number of nitrogens with one attached hydrogen (secondary N) is 1. The van der Waals surface area contributed by atoms with E-state index in [1.165, 1.54) is 18.9 Å². The lowest BCUT2D eigenvalue weighted by molar-refractivity contribution is 0.229. The Balaban J connectivity index is 1.21. The summed E-state index contributed by atoms with van der Waals surface area (Å²) in [5, 5.41) is 10.5. The summed E-state index contributed by atoms with van der Waals surface area (Å²) in [5.74, 6) is 1.74. The van der Waals surface area contributed by atoms with Crippen LogP contribution in [0, 0.1) is 5.82 Å². The molecule has 2 aromatic carbocycles. The van der Waals surface area contributed by atoms with Gasteiger partial charge in [-0.15, -0.1) is 0 Å². The van der Waals surface area contributed by atoms with Crippen LogP contribution >= 0.6 is 0 Å². The van der Waals surface area contributed by atoms with Gasteiger partial charge >= 0.3 is 0 Å². The monoisotopic (exact) mass is 459 g/mol. The van der Waals surface area contributed by atoms with E-state index in [2.05, 4.69) is 27.1 Å². The van der Waals surface area contributed by atoms with E-state index >= 15 is 0 Å². The summed E-state index contributed by atoms with van der Waals surface area (Å²) in [6.07, 6.45) is 5.09. The summed E-state index contributed by atoms with van der Waals surface area (Å²) < 4.78 is 25.4. The molecule has 0 unspecified atom stereocenters. The SMILES string of the molecule is CCCCCOc1ccc(-c2cc(CN3Cc4[nH]c(-c5ccccc5F)nc4C=N3)on2)cc1. The summed E-state index contributed by atoms with van der Waals surface area (Å²) in [5.41, 5.74) is 3.75. The first-order valence-corrected chi connectivity index (χ1v) is 11.5. The normalized spacial score (nSPS) is 12.7. The van der Waals surface area contributed by atoms with E-state index < -0.39 is 0 Å². The van der Waals surface area contributed by atoms with Gasteiger partial charge in [0.25, 0.3) is 0 Å². The van der Waals surface area contributed by atoms with Crippen molar-refractivity contribution >= 4 is 6.21 Å². The Morgan fingerprint density at radius 2 is 1.97 bits per heavy atom. The van der Waals surface area contributed by atoms with Crippen molar-refractivity contribution in [2.75, 3.05) is 6.61 Å². The molecule has 0 amide bonds. The number of hydrazone groups is 1. The minimum absolute atomic E-state index is 0.312. The van der Waals surface area contributed by atoms with Crippen LogP contribution < -0.4 is 4.74 Å². The van der Waals surface area contributed by atoms with E-state index in [1.807, 2.05) is 35.3 Å². The maximum absolute atomic E-state index is 14.1. The molecule has 0 saturated carbocycles. The maximum atomic E-state index is 14.1. The molecular formula is C26H26FN5O2. The number of imidazole rings is 1. The van der Waals surface area contributed by atoms with Gasteiger partial charge in [0.05, 0.1) is 37.2 Å². The Bertz CT molecular complexity index is 1280. The van der Waals surface area contributed by atoms with Gasteiger partial charge in [0.15, 0.2) is 5.76 Å². The van der Waals surface area contributed by atoms with Crippen molar-refractivity contribution < 1.29 is 13.7 Å². The number of hydrogen-bond donors (Lipinski definition) is 1. The maximum Gasteiger partial charge on any atom is 0.158 e. The van der Waals surface area contributed by atoms with E-state index in [4.69, 9.17) is 9.26 Å². The molecule has 4 aromatic rings. The molecule has 1 aliphatic heterocycles. The standard InChI is InChI=1S/C26H26FN5O2/c1-2-3-6-13-33-19-11-9-18(10-12-19)23-14-20(34-31-23)16-32-17-25-24(15-28-32)29-26(30-25)21-7-4-5-8-22(21)27/h4-5,7-12,14-15H,2-3,6,13,16-17H2,1H3,(H,29,30). The first kappa shape index (κ1) is 21.9.